The van der Waals surface area contributed by atoms with E-state index in [9.17, 15) is 9.59 Å². The van der Waals surface area contributed by atoms with Gasteiger partial charge in [-0.3, -0.25) is 15.0 Å². The summed E-state index contributed by atoms with van der Waals surface area (Å²) in [5, 5.41) is 12.3. The highest BCUT2D eigenvalue weighted by Gasteiger charge is 2.42. The van der Waals surface area contributed by atoms with Gasteiger partial charge in [0, 0.05) is 12.1 Å². The Kier molecular flexibility index (Phi) is 12.8. The first kappa shape index (κ1) is 38.7. The van der Waals surface area contributed by atoms with Crippen LogP contribution in [0.5, 0.6) is 5.75 Å². The second-order valence-electron chi connectivity index (χ2n) is 11.7. The van der Waals surface area contributed by atoms with E-state index in [0.29, 0.717) is 24.4 Å². The molecule has 1 heterocycles. The lowest BCUT2D eigenvalue weighted by atomic mass is 10.1. The van der Waals surface area contributed by atoms with Crippen LogP contribution in [-0.4, -0.2) is 30.3 Å². The van der Waals surface area contributed by atoms with Gasteiger partial charge < -0.3 is 10.1 Å². The molecule has 1 unspecified atom stereocenters. The number of amides is 2. The van der Waals surface area contributed by atoms with Gasteiger partial charge in [0.25, 0.3) is 5.91 Å². The largest absolute Gasteiger partial charge is 0.493 e. The highest BCUT2D eigenvalue weighted by atomic mass is 35.5. The van der Waals surface area contributed by atoms with Crippen LogP contribution in [0.4, 0.5) is 22.7 Å². The summed E-state index contributed by atoms with van der Waals surface area (Å²) in [5.41, 5.74) is 8.44. The fraction of sp³-hybridized carbons (Fsp3) is 0.250. The molecule has 5 rings (SSSR count). The zero-order chi connectivity index (χ0) is 37.0. The first-order chi connectivity index (χ1) is 24.3. The zero-order valence-electron chi connectivity index (χ0n) is 27.9. The number of aliphatic imine (C=N–C) groups is 1. The summed E-state index contributed by atoms with van der Waals surface area (Å²) in [7, 11) is 0. The number of carbonyl (C=O) groups excluding carboxylic acids is 2. The van der Waals surface area contributed by atoms with Gasteiger partial charge in [-0.15, -0.1) is 0 Å². The Morgan fingerprint density at radius 2 is 1.59 bits per heavy atom. The van der Waals surface area contributed by atoms with Crippen LogP contribution < -0.4 is 20.5 Å². The van der Waals surface area contributed by atoms with Gasteiger partial charge in [0.15, 0.2) is 5.84 Å². The number of nitrogens with one attached hydrogen (secondary N) is 2. The van der Waals surface area contributed by atoms with E-state index in [2.05, 4.69) is 32.9 Å². The summed E-state index contributed by atoms with van der Waals surface area (Å²) < 4.78 is 5.85. The number of halogens is 6. The van der Waals surface area contributed by atoms with Crippen molar-refractivity contribution in [2.24, 2.45) is 15.2 Å². The maximum atomic E-state index is 13.9. The van der Waals surface area contributed by atoms with Crippen molar-refractivity contribution in [3.05, 3.63) is 107 Å². The summed E-state index contributed by atoms with van der Waals surface area (Å²) in [4.78, 5) is 31.4. The van der Waals surface area contributed by atoms with Crippen molar-refractivity contribution in [3.8, 4) is 5.75 Å². The second-order valence-corrected chi connectivity index (χ2v) is 14.0. The fourth-order valence-electron chi connectivity index (χ4n) is 5.28. The van der Waals surface area contributed by atoms with Crippen molar-refractivity contribution in [2.75, 3.05) is 16.9 Å². The highest BCUT2D eigenvalue weighted by molar-refractivity contribution is 6.57. The minimum absolute atomic E-state index is 0.0360. The molecule has 15 heteroatoms. The molecular formula is C36H32Cl6N6O3. The van der Waals surface area contributed by atoms with E-state index in [-0.39, 0.29) is 59.7 Å². The molecule has 4 aromatic carbocycles. The topological polar surface area (TPSA) is 108 Å². The Balaban J connectivity index is 1.40. The summed E-state index contributed by atoms with van der Waals surface area (Å²) in [6.45, 7) is 8.41. The number of hydrazine groups is 1. The van der Waals surface area contributed by atoms with Crippen LogP contribution in [0.25, 0.3) is 0 Å². The van der Waals surface area contributed by atoms with Crippen molar-refractivity contribution in [3.63, 3.8) is 0 Å². The van der Waals surface area contributed by atoms with Gasteiger partial charge >= 0.3 is 0 Å². The molecule has 0 aromatic heterocycles. The number of benzene rings is 4. The van der Waals surface area contributed by atoms with Crippen molar-refractivity contribution < 1.29 is 14.3 Å². The number of azo groups is 1. The Hall–Kier alpha value is -3.57. The molecule has 2 amide bonds. The lowest BCUT2D eigenvalue weighted by molar-refractivity contribution is -0.118. The summed E-state index contributed by atoms with van der Waals surface area (Å²) in [5.74, 6) is -0.0401. The SMILES string of the molecule is CCc1ccc(N=NC2C(=O)N(c3c(Cl)c(Cl)c(Cl)c(Cl)c3Cl)NC2=Nc2cc(NC(=O)CCCOc3ccc(C)cc3C)ccc2Cl)cc1C. The molecule has 2 N–H and O–H groups in total. The summed E-state index contributed by atoms with van der Waals surface area (Å²) in [6, 6.07) is 15.1. The minimum Gasteiger partial charge on any atom is -0.493 e. The van der Waals surface area contributed by atoms with Crippen molar-refractivity contribution in [2.45, 2.75) is 53.0 Å². The van der Waals surface area contributed by atoms with Crippen molar-refractivity contribution in [1.82, 2.24) is 5.43 Å². The standard InChI is InChI=1S/C36H32Cl6N6O3/c1-5-21-9-10-23(16-19(21)3)45-46-33-35(47-48(36(33)50)34-31(41)29(39)28(38)30(40)32(34)42)44-25-17-22(11-12-24(25)37)43-27(49)7-6-14-51-26-13-8-18(2)15-20(26)4/h8-13,15-17,33H,5-7,14H2,1-4H3,(H,43,49)(H,44,47). The molecule has 0 radical (unpaired) electrons. The van der Waals surface area contributed by atoms with E-state index in [1.807, 2.05) is 57.2 Å². The third-order valence-corrected chi connectivity index (χ3v) is 10.5. The molecule has 0 aliphatic carbocycles. The van der Waals surface area contributed by atoms with Crippen molar-refractivity contribution in [1.29, 1.82) is 0 Å². The van der Waals surface area contributed by atoms with Crippen LogP contribution in [0, 0.1) is 20.8 Å². The Morgan fingerprint density at radius 3 is 2.25 bits per heavy atom. The Morgan fingerprint density at radius 1 is 0.882 bits per heavy atom. The van der Waals surface area contributed by atoms with Gasteiger partial charge in [0.05, 0.1) is 48.1 Å². The number of anilines is 2. The molecule has 4 aromatic rings. The molecule has 0 saturated carbocycles. The Labute approximate surface area is 325 Å². The number of rotatable bonds is 11. The predicted molar refractivity (Wildman–Crippen MR) is 209 cm³/mol. The van der Waals surface area contributed by atoms with E-state index < -0.39 is 11.9 Å². The van der Waals surface area contributed by atoms with E-state index in [1.54, 1.807) is 18.2 Å². The van der Waals surface area contributed by atoms with Gasteiger partial charge in [-0.25, -0.2) is 10.0 Å². The number of aryl methyl sites for hydroxylation is 4. The number of nitrogens with zero attached hydrogens (tertiary/aromatic N) is 4. The van der Waals surface area contributed by atoms with E-state index in [4.69, 9.17) is 74.3 Å². The average Bonchev–Trinajstić information content (AvgIpc) is 3.39. The Bertz CT molecular complexity index is 2040. The smallest absolute Gasteiger partial charge is 0.280 e. The molecule has 1 saturated heterocycles. The van der Waals surface area contributed by atoms with E-state index in [1.165, 1.54) is 0 Å². The van der Waals surface area contributed by atoms with E-state index >= 15 is 0 Å². The molecule has 0 spiro atoms. The number of hydrogen-bond donors (Lipinski definition) is 2. The normalized spacial score (nSPS) is 15.2. The third kappa shape index (κ3) is 8.91. The van der Waals surface area contributed by atoms with Crippen LogP contribution in [-0.2, 0) is 16.0 Å². The third-order valence-electron chi connectivity index (χ3n) is 7.95. The monoisotopic (exact) mass is 806 g/mol. The zero-order valence-corrected chi connectivity index (χ0v) is 32.4. The number of hydrogen-bond acceptors (Lipinski definition) is 6. The minimum atomic E-state index is -1.29. The average molecular weight is 809 g/mol. The van der Waals surface area contributed by atoms with E-state index in [0.717, 1.165) is 39.4 Å². The van der Waals surface area contributed by atoms with Gasteiger partial charge in [-0.2, -0.15) is 10.2 Å². The maximum absolute atomic E-state index is 13.9. The van der Waals surface area contributed by atoms with Crippen LogP contribution >= 0.6 is 69.6 Å². The molecule has 9 nitrogen and oxygen atoms in total. The van der Waals surface area contributed by atoms with Crippen molar-refractivity contribution >= 4 is 110 Å². The van der Waals surface area contributed by atoms with Crippen LogP contribution in [0.1, 0.15) is 42.0 Å². The van der Waals surface area contributed by atoms with Gasteiger partial charge in [0.1, 0.15) is 11.4 Å². The number of amidine groups is 1. The predicted octanol–water partition coefficient (Wildman–Crippen LogP) is 11.6. The summed E-state index contributed by atoms with van der Waals surface area (Å²) in [6.07, 6.45) is 1.58. The van der Waals surface area contributed by atoms with Gasteiger partial charge in [-0.05, 0) is 86.7 Å². The van der Waals surface area contributed by atoms with Crippen LogP contribution in [0.2, 0.25) is 30.1 Å². The molecule has 1 atom stereocenters. The molecular weight excluding hydrogens is 777 g/mol. The molecule has 0 bridgehead atoms. The molecule has 1 aliphatic heterocycles. The molecule has 1 fully saturated rings. The first-order valence-electron chi connectivity index (χ1n) is 15.8. The maximum Gasteiger partial charge on any atom is 0.280 e. The van der Waals surface area contributed by atoms with Gasteiger partial charge in [-0.1, -0.05) is 100 Å². The fourth-order valence-corrected chi connectivity index (χ4v) is 6.74. The summed E-state index contributed by atoms with van der Waals surface area (Å²) >= 11 is 38.4. The highest BCUT2D eigenvalue weighted by Crippen LogP contribution is 2.49. The molecule has 1 aliphatic rings. The lowest BCUT2D eigenvalue weighted by Gasteiger charge is -2.21. The quantitative estimate of drug-likeness (QED) is 0.0681. The van der Waals surface area contributed by atoms with Crippen LogP contribution in [0.15, 0.2) is 69.8 Å². The molecule has 266 valence electrons. The first-order valence-corrected chi connectivity index (χ1v) is 18.1. The number of ether oxygens (including phenoxy) is 1. The molecule has 51 heavy (non-hydrogen) atoms. The number of carbonyl (C=O) groups is 2. The van der Waals surface area contributed by atoms with Crippen LogP contribution in [0.3, 0.4) is 0 Å². The van der Waals surface area contributed by atoms with Gasteiger partial charge in [0.2, 0.25) is 11.9 Å². The second kappa shape index (κ2) is 16.8. The lowest BCUT2D eigenvalue weighted by Crippen LogP contribution is -2.36.